The lowest BCUT2D eigenvalue weighted by molar-refractivity contribution is 0.0526. The number of anilines is 1. The molecule has 4 rings (SSSR count). The number of ether oxygens (including phenoxy) is 2. The Morgan fingerprint density at radius 2 is 1.94 bits per heavy atom. The van der Waals surface area contributed by atoms with Crippen molar-refractivity contribution in [3.8, 4) is 5.75 Å². The zero-order chi connectivity index (χ0) is 23.2. The zero-order valence-electron chi connectivity index (χ0n) is 18.6. The van der Waals surface area contributed by atoms with Gasteiger partial charge in [-0.15, -0.1) is 0 Å². The summed E-state index contributed by atoms with van der Waals surface area (Å²) >= 11 is 0. The maximum Gasteiger partial charge on any atom is 0.368 e. The lowest BCUT2D eigenvalue weighted by atomic mass is 10.0. The van der Waals surface area contributed by atoms with Crippen LogP contribution in [0.3, 0.4) is 0 Å². The number of carbonyl (C=O) groups is 2. The molecule has 2 aromatic carbocycles. The Morgan fingerprint density at radius 1 is 1.18 bits per heavy atom. The lowest BCUT2D eigenvalue weighted by Crippen LogP contribution is -2.47. The molecule has 2 heterocycles. The Labute approximate surface area is 191 Å². The average molecular weight is 453 g/mol. The third-order valence-electron chi connectivity index (χ3n) is 5.70. The van der Waals surface area contributed by atoms with Crippen molar-refractivity contribution in [3.63, 3.8) is 0 Å². The van der Waals surface area contributed by atoms with E-state index in [9.17, 15) is 14.7 Å². The van der Waals surface area contributed by atoms with E-state index in [-0.39, 0.29) is 18.6 Å². The number of aliphatic hydroxyl groups excluding tert-OH is 1. The molecule has 2 N–H and O–H groups in total. The number of carbonyl (C=O) groups excluding carboxylic acids is 2. The van der Waals surface area contributed by atoms with Crippen LogP contribution in [0.15, 0.2) is 52.4 Å². The summed E-state index contributed by atoms with van der Waals surface area (Å²) in [7, 11) is 0. The van der Waals surface area contributed by atoms with Gasteiger partial charge in [-0.25, -0.2) is 9.59 Å². The predicted octanol–water partition coefficient (Wildman–Crippen LogP) is 1.23. The first-order valence-electron chi connectivity index (χ1n) is 11.2. The van der Waals surface area contributed by atoms with Gasteiger partial charge in [-0.1, -0.05) is 6.07 Å². The van der Waals surface area contributed by atoms with E-state index in [0.717, 1.165) is 31.6 Å². The minimum atomic E-state index is -0.783. The molecule has 9 nitrogen and oxygen atoms in total. The van der Waals surface area contributed by atoms with E-state index in [0.29, 0.717) is 35.2 Å². The van der Waals surface area contributed by atoms with Crippen molar-refractivity contribution in [2.24, 2.45) is 9.98 Å². The number of para-hydroxylation sites is 1. The number of esters is 1. The number of amides is 2. The highest BCUT2D eigenvalue weighted by molar-refractivity contribution is 5.89. The SMILES string of the molecule is CCOC(=O)c1ccc(N(C[C@@H](O)COc2cccc3c2=NC(=O)N=3)C2CCNCC2)cc1. The maximum atomic E-state index is 12.0. The topological polar surface area (TPSA) is 113 Å². The molecule has 1 atom stereocenters. The van der Waals surface area contributed by atoms with Crippen molar-refractivity contribution in [2.45, 2.75) is 31.9 Å². The van der Waals surface area contributed by atoms with E-state index in [2.05, 4.69) is 20.2 Å². The highest BCUT2D eigenvalue weighted by Crippen LogP contribution is 2.23. The highest BCUT2D eigenvalue weighted by atomic mass is 16.5. The number of rotatable bonds is 9. The van der Waals surface area contributed by atoms with Crippen molar-refractivity contribution in [2.75, 3.05) is 37.7 Å². The van der Waals surface area contributed by atoms with Gasteiger partial charge in [0.1, 0.15) is 23.8 Å². The van der Waals surface area contributed by atoms with Gasteiger partial charge in [0.05, 0.1) is 17.5 Å². The fourth-order valence-corrected chi connectivity index (χ4v) is 4.11. The number of benzene rings is 2. The Morgan fingerprint density at radius 3 is 2.67 bits per heavy atom. The Balaban J connectivity index is 1.46. The smallest absolute Gasteiger partial charge is 0.368 e. The van der Waals surface area contributed by atoms with Crippen molar-refractivity contribution in [3.05, 3.63) is 58.7 Å². The third kappa shape index (κ3) is 5.55. The summed E-state index contributed by atoms with van der Waals surface area (Å²) in [6.45, 7) is 4.32. The van der Waals surface area contributed by atoms with Gasteiger partial charge in [-0.2, -0.15) is 9.98 Å². The fraction of sp³-hybridized carbons (Fsp3) is 0.417. The molecule has 0 saturated carbocycles. The monoisotopic (exact) mass is 452 g/mol. The Kier molecular flexibility index (Phi) is 7.31. The number of nitrogens with zero attached hydrogens (tertiary/aromatic N) is 3. The first-order chi connectivity index (χ1) is 16.0. The normalized spacial score (nSPS) is 16.4. The van der Waals surface area contributed by atoms with Gasteiger partial charge in [-0.05, 0) is 69.3 Å². The summed E-state index contributed by atoms with van der Waals surface area (Å²) in [6, 6.07) is 12.1. The van der Waals surface area contributed by atoms with E-state index in [4.69, 9.17) is 9.47 Å². The van der Waals surface area contributed by atoms with E-state index >= 15 is 0 Å². The molecule has 2 amide bonds. The van der Waals surface area contributed by atoms with Crippen LogP contribution in [0.5, 0.6) is 5.75 Å². The average Bonchev–Trinajstić information content (AvgIpc) is 3.23. The zero-order valence-corrected chi connectivity index (χ0v) is 18.6. The van der Waals surface area contributed by atoms with Crippen molar-refractivity contribution in [1.82, 2.24) is 5.32 Å². The van der Waals surface area contributed by atoms with Gasteiger partial charge in [0, 0.05) is 18.3 Å². The number of urea groups is 1. The molecule has 1 saturated heterocycles. The quantitative estimate of drug-likeness (QED) is 0.551. The van der Waals surface area contributed by atoms with E-state index in [1.165, 1.54) is 0 Å². The number of hydrogen-bond acceptors (Lipinski definition) is 7. The number of aliphatic hydroxyl groups is 1. The molecule has 2 aliphatic rings. The standard InChI is InChI=1S/C24H28N4O5/c1-2-32-23(30)16-6-8-17(9-7-16)28(18-10-12-25-13-11-18)14-19(29)15-33-21-5-3-4-20-22(21)27-24(31)26-20/h3-9,18-19,25,29H,2,10-15H2,1H3/t19-/m1/s1. The molecule has 33 heavy (non-hydrogen) atoms. The van der Waals surface area contributed by atoms with Crippen LogP contribution >= 0.6 is 0 Å². The summed E-state index contributed by atoms with van der Waals surface area (Å²) in [4.78, 5) is 33.4. The van der Waals surface area contributed by atoms with Crippen LogP contribution < -0.4 is 25.7 Å². The molecule has 0 unspecified atom stereocenters. The van der Waals surface area contributed by atoms with Gasteiger partial charge in [0.25, 0.3) is 0 Å². The second-order valence-electron chi connectivity index (χ2n) is 8.00. The number of nitrogens with one attached hydrogen (secondary N) is 1. The van der Waals surface area contributed by atoms with Crippen molar-refractivity contribution in [1.29, 1.82) is 0 Å². The van der Waals surface area contributed by atoms with Crippen LogP contribution in [0, 0.1) is 0 Å². The predicted molar refractivity (Wildman–Crippen MR) is 121 cm³/mol. The molecule has 1 fully saturated rings. The molecule has 0 bridgehead atoms. The third-order valence-corrected chi connectivity index (χ3v) is 5.70. The summed E-state index contributed by atoms with van der Waals surface area (Å²) in [5, 5.41) is 15.1. The maximum absolute atomic E-state index is 12.0. The summed E-state index contributed by atoms with van der Waals surface area (Å²) in [6.07, 6.45) is 1.11. The Bertz CT molecular complexity index is 1110. The first-order valence-corrected chi connectivity index (χ1v) is 11.2. The molecular weight excluding hydrogens is 424 g/mol. The second kappa shape index (κ2) is 10.5. The van der Waals surface area contributed by atoms with E-state index < -0.39 is 12.1 Å². The van der Waals surface area contributed by atoms with Crippen LogP contribution in [-0.4, -0.2) is 62.1 Å². The molecule has 9 heteroatoms. The van der Waals surface area contributed by atoms with E-state index in [1.54, 1.807) is 37.3 Å². The summed E-state index contributed by atoms with van der Waals surface area (Å²) < 4.78 is 10.9. The van der Waals surface area contributed by atoms with Crippen molar-refractivity contribution >= 4 is 17.7 Å². The summed E-state index contributed by atoms with van der Waals surface area (Å²) in [5.74, 6) is 0.0743. The van der Waals surface area contributed by atoms with Crippen LogP contribution in [0.2, 0.25) is 0 Å². The number of hydrogen-bond donors (Lipinski definition) is 2. The van der Waals surface area contributed by atoms with Crippen molar-refractivity contribution < 1.29 is 24.2 Å². The molecule has 0 radical (unpaired) electrons. The molecule has 0 spiro atoms. The van der Waals surface area contributed by atoms with Gasteiger partial charge in [0.2, 0.25) is 0 Å². The second-order valence-corrected chi connectivity index (χ2v) is 8.00. The van der Waals surface area contributed by atoms with Crippen LogP contribution in [0.25, 0.3) is 0 Å². The summed E-state index contributed by atoms with van der Waals surface area (Å²) in [5.41, 5.74) is 1.42. The van der Waals surface area contributed by atoms with Crippen LogP contribution in [0.1, 0.15) is 30.1 Å². The fourth-order valence-electron chi connectivity index (χ4n) is 4.11. The highest BCUT2D eigenvalue weighted by Gasteiger charge is 2.24. The lowest BCUT2D eigenvalue weighted by Gasteiger charge is -2.37. The largest absolute Gasteiger partial charge is 0.488 e. The van der Waals surface area contributed by atoms with Gasteiger partial charge in [-0.3, -0.25) is 0 Å². The molecule has 0 aromatic heterocycles. The molecule has 174 valence electrons. The minimum absolute atomic E-state index is 0.0442. The van der Waals surface area contributed by atoms with Gasteiger partial charge in [0.15, 0.2) is 0 Å². The van der Waals surface area contributed by atoms with E-state index in [1.807, 2.05) is 12.1 Å². The molecule has 0 aliphatic carbocycles. The van der Waals surface area contributed by atoms with Gasteiger partial charge >= 0.3 is 12.0 Å². The molecule has 2 aromatic rings. The van der Waals surface area contributed by atoms with Crippen LogP contribution in [-0.2, 0) is 4.74 Å². The Hall–Kier alpha value is -3.30. The first kappa shape index (κ1) is 22.9. The molecule has 2 aliphatic heterocycles. The number of piperidine rings is 1. The van der Waals surface area contributed by atoms with Gasteiger partial charge < -0.3 is 24.8 Å². The minimum Gasteiger partial charge on any atom is -0.488 e. The molecular formula is C24H28N4O5. The number of fused-ring (bicyclic) bond motifs is 1. The van der Waals surface area contributed by atoms with Crippen LogP contribution in [0.4, 0.5) is 10.5 Å².